The van der Waals surface area contributed by atoms with E-state index in [4.69, 9.17) is 9.72 Å². The Kier molecular flexibility index (Phi) is 7.83. The molecule has 0 radical (unpaired) electrons. The highest BCUT2D eigenvalue weighted by Crippen LogP contribution is 2.34. The Morgan fingerprint density at radius 1 is 1.23 bits per heavy atom. The van der Waals surface area contributed by atoms with Gasteiger partial charge in [0.15, 0.2) is 16.7 Å². The molecule has 0 amide bonds. The van der Waals surface area contributed by atoms with Crippen molar-refractivity contribution in [1.29, 1.82) is 0 Å². The third-order valence-electron chi connectivity index (χ3n) is 5.35. The zero-order valence-electron chi connectivity index (χ0n) is 18.1. The molecule has 5 nitrogen and oxygen atoms in total. The molecule has 31 heavy (non-hydrogen) atoms. The predicted molar refractivity (Wildman–Crippen MR) is 131 cm³/mol. The molecule has 1 aliphatic rings. The number of benzene rings is 1. The first-order valence-corrected chi connectivity index (χ1v) is 12.8. The van der Waals surface area contributed by atoms with Crippen LogP contribution in [0.15, 0.2) is 52.9 Å². The smallest absolute Gasteiger partial charge is 0.188 e. The first-order valence-electron chi connectivity index (χ1n) is 10.9. The van der Waals surface area contributed by atoms with Gasteiger partial charge in [0.1, 0.15) is 6.61 Å². The van der Waals surface area contributed by atoms with E-state index >= 15 is 0 Å². The van der Waals surface area contributed by atoms with Crippen molar-refractivity contribution >= 4 is 34.0 Å². The molecule has 7 heteroatoms. The highest BCUT2D eigenvalue weighted by Gasteiger charge is 2.15. The number of ether oxygens (including phenoxy) is 1. The highest BCUT2D eigenvalue weighted by molar-refractivity contribution is 7.99. The summed E-state index contributed by atoms with van der Waals surface area (Å²) in [6.45, 7) is 7.07. The normalized spacial score (nSPS) is 14.7. The fourth-order valence-electron chi connectivity index (χ4n) is 3.42. The second kappa shape index (κ2) is 11.0. The van der Waals surface area contributed by atoms with Crippen LogP contribution in [0.2, 0.25) is 0 Å². The lowest BCUT2D eigenvalue weighted by molar-refractivity contribution is 0.306. The van der Waals surface area contributed by atoms with E-state index in [1.165, 1.54) is 12.8 Å². The van der Waals surface area contributed by atoms with Gasteiger partial charge >= 0.3 is 0 Å². The minimum atomic E-state index is 0.405. The molecule has 164 valence electrons. The maximum atomic E-state index is 6.21. The predicted octanol–water partition coefficient (Wildman–Crippen LogP) is 6.08. The van der Waals surface area contributed by atoms with Crippen molar-refractivity contribution in [1.82, 2.24) is 15.3 Å². The van der Waals surface area contributed by atoms with Gasteiger partial charge in [-0.1, -0.05) is 44.2 Å². The van der Waals surface area contributed by atoms with Gasteiger partial charge in [0.05, 0.1) is 5.69 Å². The van der Waals surface area contributed by atoms with Crippen molar-refractivity contribution in [2.45, 2.75) is 44.1 Å². The first kappa shape index (κ1) is 22.1. The molecule has 2 aromatic heterocycles. The third-order valence-corrected chi connectivity index (χ3v) is 7.32. The number of thiazole rings is 1. The van der Waals surface area contributed by atoms with Crippen LogP contribution in [-0.2, 0) is 6.61 Å². The summed E-state index contributed by atoms with van der Waals surface area (Å²) in [5, 5.41) is 9.75. The van der Waals surface area contributed by atoms with Crippen LogP contribution >= 0.6 is 23.1 Å². The fourth-order valence-corrected chi connectivity index (χ4v) is 5.37. The van der Waals surface area contributed by atoms with E-state index in [0.717, 1.165) is 51.8 Å². The number of nitrogens with zero attached hydrogens (tertiary/aromatic N) is 2. The van der Waals surface area contributed by atoms with Crippen LogP contribution in [0.1, 0.15) is 43.9 Å². The van der Waals surface area contributed by atoms with Crippen LogP contribution in [0.3, 0.4) is 0 Å². The van der Waals surface area contributed by atoms with Crippen LogP contribution in [0.5, 0.6) is 5.75 Å². The lowest BCUT2D eigenvalue weighted by Crippen LogP contribution is -2.28. The molecule has 0 spiro atoms. The SMILES string of the molecule is CC(C)c1csc(Nc2ncc(SCC3CCNCC3)cc2OCc2ccccc2)n1. The zero-order chi connectivity index (χ0) is 21.5. The second-order valence-corrected chi connectivity index (χ2v) is 10.1. The van der Waals surface area contributed by atoms with Crippen molar-refractivity contribution in [2.24, 2.45) is 5.92 Å². The Bertz CT molecular complexity index is 955. The maximum absolute atomic E-state index is 6.21. The Hall–Kier alpha value is -2.09. The van der Waals surface area contributed by atoms with Gasteiger partial charge in [0.25, 0.3) is 0 Å². The van der Waals surface area contributed by atoms with Gasteiger partial charge in [-0.3, -0.25) is 0 Å². The Morgan fingerprint density at radius 3 is 2.77 bits per heavy atom. The van der Waals surface area contributed by atoms with Crippen LogP contribution in [0.25, 0.3) is 0 Å². The highest BCUT2D eigenvalue weighted by atomic mass is 32.2. The van der Waals surface area contributed by atoms with E-state index in [2.05, 4.69) is 53.0 Å². The number of aromatic nitrogens is 2. The number of nitrogens with one attached hydrogen (secondary N) is 2. The van der Waals surface area contributed by atoms with Crippen molar-refractivity contribution < 1.29 is 4.74 Å². The molecular formula is C24H30N4OS2. The van der Waals surface area contributed by atoms with Crippen LogP contribution in [0.4, 0.5) is 10.9 Å². The Balaban J connectivity index is 1.48. The monoisotopic (exact) mass is 454 g/mol. The van der Waals surface area contributed by atoms with Crippen molar-refractivity contribution in [2.75, 3.05) is 24.2 Å². The summed E-state index contributed by atoms with van der Waals surface area (Å²) >= 11 is 3.47. The molecule has 1 aromatic carbocycles. The summed E-state index contributed by atoms with van der Waals surface area (Å²) in [4.78, 5) is 10.5. The van der Waals surface area contributed by atoms with E-state index in [9.17, 15) is 0 Å². The molecular weight excluding hydrogens is 424 g/mol. The summed E-state index contributed by atoms with van der Waals surface area (Å²) in [5.41, 5.74) is 2.23. The van der Waals surface area contributed by atoms with E-state index in [-0.39, 0.29) is 0 Å². The van der Waals surface area contributed by atoms with Crippen LogP contribution < -0.4 is 15.4 Å². The van der Waals surface area contributed by atoms with Gasteiger partial charge in [-0.2, -0.15) is 0 Å². The molecule has 3 aromatic rings. The fraction of sp³-hybridized carbons (Fsp3) is 0.417. The van der Waals surface area contributed by atoms with Crippen molar-refractivity contribution in [3.8, 4) is 5.75 Å². The average molecular weight is 455 g/mol. The molecule has 0 aliphatic carbocycles. The first-order chi connectivity index (χ1) is 15.2. The number of hydrogen-bond donors (Lipinski definition) is 2. The Labute approximate surface area is 193 Å². The summed E-state index contributed by atoms with van der Waals surface area (Å²) in [5.74, 6) is 3.77. The molecule has 0 bridgehead atoms. The maximum Gasteiger partial charge on any atom is 0.188 e. The van der Waals surface area contributed by atoms with E-state index in [0.29, 0.717) is 18.3 Å². The van der Waals surface area contributed by atoms with Gasteiger partial charge in [0.2, 0.25) is 0 Å². The van der Waals surface area contributed by atoms with Gasteiger partial charge in [-0.05, 0) is 49.4 Å². The van der Waals surface area contributed by atoms with Crippen molar-refractivity contribution in [3.63, 3.8) is 0 Å². The lowest BCUT2D eigenvalue weighted by Gasteiger charge is -2.22. The molecule has 0 atom stereocenters. The summed E-state index contributed by atoms with van der Waals surface area (Å²) in [7, 11) is 0. The standard InChI is InChI=1S/C24H30N4OS2/c1-17(2)21-16-31-24(27-21)28-23-22(29-14-18-6-4-3-5-7-18)12-20(13-26-23)30-15-19-8-10-25-11-9-19/h3-7,12-13,16-17,19,25H,8-11,14-15H2,1-2H3,(H,26,27,28). The third kappa shape index (κ3) is 6.45. The second-order valence-electron chi connectivity index (χ2n) is 8.15. The van der Waals surface area contributed by atoms with Crippen LogP contribution in [-0.4, -0.2) is 28.8 Å². The topological polar surface area (TPSA) is 59.1 Å². The van der Waals surface area contributed by atoms with E-state index < -0.39 is 0 Å². The van der Waals surface area contributed by atoms with Crippen LogP contribution in [0, 0.1) is 5.92 Å². The van der Waals surface area contributed by atoms with Crippen molar-refractivity contribution in [3.05, 3.63) is 59.2 Å². The zero-order valence-corrected chi connectivity index (χ0v) is 19.8. The van der Waals surface area contributed by atoms with Gasteiger partial charge in [0, 0.05) is 22.2 Å². The van der Waals surface area contributed by atoms with Gasteiger partial charge < -0.3 is 15.4 Å². The van der Waals surface area contributed by atoms with E-state index in [1.807, 2.05) is 36.2 Å². The number of thioether (sulfide) groups is 1. The quantitative estimate of drug-likeness (QED) is 0.382. The summed E-state index contributed by atoms with van der Waals surface area (Å²) in [6, 6.07) is 12.3. The molecule has 4 rings (SSSR count). The average Bonchev–Trinajstić information content (AvgIpc) is 3.28. The molecule has 1 saturated heterocycles. The summed E-state index contributed by atoms with van der Waals surface area (Å²) < 4.78 is 6.21. The lowest BCUT2D eigenvalue weighted by atomic mass is 10.0. The minimum Gasteiger partial charge on any atom is -0.485 e. The number of pyridine rings is 1. The molecule has 1 aliphatic heterocycles. The number of rotatable bonds is 9. The molecule has 3 heterocycles. The molecule has 0 unspecified atom stereocenters. The number of piperidine rings is 1. The minimum absolute atomic E-state index is 0.405. The molecule has 2 N–H and O–H groups in total. The summed E-state index contributed by atoms with van der Waals surface area (Å²) in [6.07, 6.45) is 4.44. The molecule has 0 saturated carbocycles. The van der Waals surface area contributed by atoms with Gasteiger partial charge in [-0.15, -0.1) is 23.1 Å². The number of hydrogen-bond acceptors (Lipinski definition) is 7. The van der Waals surface area contributed by atoms with E-state index in [1.54, 1.807) is 11.3 Å². The largest absolute Gasteiger partial charge is 0.485 e. The van der Waals surface area contributed by atoms with Gasteiger partial charge in [-0.25, -0.2) is 9.97 Å². The molecule has 1 fully saturated rings. The Morgan fingerprint density at radius 2 is 2.03 bits per heavy atom. The number of anilines is 2.